The van der Waals surface area contributed by atoms with E-state index in [0.29, 0.717) is 11.6 Å². The number of hydrogen-bond acceptors (Lipinski definition) is 4. The Labute approximate surface area is 138 Å². The fraction of sp³-hybridized carbons (Fsp3) is 0.222. The van der Waals surface area contributed by atoms with Gasteiger partial charge in [-0.2, -0.15) is 5.10 Å². The molecule has 0 saturated heterocycles. The van der Waals surface area contributed by atoms with Gasteiger partial charge in [-0.3, -0.25) is 14.6 Å². The van der Waals surface area contributed by atoms with Crippen molar-refractivity contribution in [3.8, 4) is 0 Å². The largest absolute Gasteiger partial charge is 0.324 e. The molecule has 0 unspecified atom stereocenters. The number of benzene rings is 1. The monoisotopic (exact) mass is 320 g/mol. The standard InChI is InChI=1S/C18H16N4O2/c23-17(11-22-18(24)9-8-14(21-22)12-6-7-12)20-16-5-1-4-15-13(16)3-2-10-19-15/h1-5,8-10,12H,6-7,11H2,(H,20,23). The van der Waals surface area contributed by atoms with Crippen molar-refractivity contribution in [3.05, 3.63) is 64.7 Å². The normalized spacial score (nSPS) is 13.8. The fourth-order valence-corrected chi connectivity index (χ4v) is 2.71. The van der Waals surface area contributed by atoms with E-state index < -0.39 is 0 Å². The van der Waals surface area contributed by atoms with Crippen LogP contribution >= 0.6 is 0 Å². The van der Waals surface area contributed by atoms with Gasteiger partial charge in [-0.1, -0.05) is 6.07 Å². The van der Waals surface area contributed by atoms with Crippen molar-refractivity contribution in [1.82, 2.24) is 14.8 Å². The van der Waals surface area contributed by atoms with Crippen LogP contribution < -0.4 is 10.9 Å². The van der Waals surface area contributed by atoms with Crippen molar-refractivity contribution in [2.45, 2.75) is 25.3 Å². The number of pyridine rings is 1. The number of amides is 1. The van der Waals surface area contributed by atoms with Crippen molar-refractivity contribution >= 4 is 22.5 Å². The molecule has 1 aliphatic carbocycles. The van der Waals surface area contributed by atoms with Gasteiger partial charge < -0.3 is 5.32 Å². The summed E-state index contributed by atoms with van der Waals surface area (Å²) in [6.07, 6.45) is 3.90. The molecular formula is C18H16N4O2. The van der Waals surface area contributed by atoms with E-state index >= 15 is 0 Å². The van der Waals surface area contributed by atoms with Gasteiger partial charge in [0, 0.05) is 23.6 Å². The molecule has 0 radical (unpaired) electrons. The predicted molar refractivity (Wildman–Crippen MR) is 90.8 cm³/mol. The van der Waals surface area contributed by atoms with E-state index in [1.54, 1.807) is 12.3 Å². The van der Waals surface area contributed by atoms with Gasteiger partial charge in [-0.05, 0) is 43.2 Å². The maximum Gasteiger partial charge on any atom is 0.267 e. The first-order chi connectivity index (χ1) is 11.7. The molecule has 1 aliphatic rings. The second-order valence-electron chi connectivity index (χ2n) is 5.95. The summed E-state index contributed by atoms with van der Waals surface area (Å²) in [5.41, 5.74) is 2.10. The number of carbonyl (C=O) groups excluding carboxylic acids is 1. The summed E-state index contributed by atoms with van der Waals surface area (Å²) in [6.45, 7) is -0.101. The number of carbonyl (C=O) groups is 1. The van der Waals surface area contributed by atoms with Crippen LogP contribution in [0.3, 0.4) is 0 Å². The molecule has 6 heteroatoms. The van der Waals surface area contributed by atoms with Crippen LogP contribution in [0.25, 0.3) is 10.9 Å². The van der Waals surface area contributed by atoms with Crippen molar-refractivity contribution in [1.29, 1.82) is 0 Å². The van der Waals surface area contributed by atoms with E-state index in [1.807, 2.05) is 30.3 Å². The van der Waals surface area contributed by atoms with Crippen molar-refractivity contribution in [3.63, 3.8) is 0 Å². The van der Waals surface area contributed by atoms with Gasteiger partial charge in [-0.25, -0.2) is 4.68 Å². The van der Waals surface area contributed by atoms with Crippen molar-refractivity contribution < 1.29 is 4.79 Å². The van der Waals surface area contributed by atoms with Crippen LogP contribution in [-0.4, -0.2) is 20.7 Å². The molecule has 1 saturated carbocycles. The molecule has 1 fully saturated rings. The highest BCUT2D eigenvalue weighted by molar-refractivity contribution is 6.00. The third-order valence-electron chi connectivity index (χ3n) is 4.10. The Morgan fingerprint density at radius 1 is 1.17 bits per heavy atom. The first-order valence-corrected chi connectivity index (χ1v) is 7.92. The lowest BCUT2D eigenvalue weighted by atomic mass is 10.2. The molecule has 24 heavy (non-hydrogen) atoms. The zero-order valence-corrected chi connectivity index (χ0v) is 13.0. The van der Waals surface area contributed by atoms with Gasteiger partial charge in [-0.15, -0.1) is 0 Å². The molecular weight excluding hydrogens is 304 g/mol. The van der Waals surface area contributed by atoms with Crippen LogP contribution in [0, 0.1) is 0 Å². The molecule has 2 aromatic heterocycles. The van der Waals surface area contributed by atoms with Gasteiger partial charge in [0.05, 0.1) is 16.9 Å². The lowest BCUT2D eigenvalue weighted by Crippen LogP contribution is -2.29. The zero-order chi connectivity index (χ0) is 16.5. The second kappa shape index (κ2) is 5.88. The number of nitrogens with one attached hydrogen (secondary N) is 1. The highest BCUT2D eigenvalue weighted by Gasteiger charge is 2.25. The quantitative estimate of drug-likeness (QED) is 0.800. The molecule has 2 heterocycles. The molecule has 0 bridgehead atoms. The number of anilines is 1. The maximum atomic E-state index is 12.3. The van der Waals surface area contributed by atoms with Gasteiger partial charge in [0.1, 0.15) is 6.54 Å². The Morgan fingerprint density at radius 2 is 2.04 bits per heavy atom. The third kappa shape index (κ3) is 2.90. The number of hydrogen-bond donors (Lipinski definition) is 1. The smallest absolute Gasteiger partial charge is 0.267 e. The Balaban J connectivity index is 1.56. The Hall–Kier alpha value is -3.02. The molecule has 0 atom stereocenters. The van der Waals surface area contributed by atoms with Crippen LogP contribution in [0.1, 0.15) is 24.5 Å². The third-order valence-corrected chi connectivity index (χ3v) is 4.10. The van der Waals surface area contributed by atoms with E-state index in [9.17, 15) is 9.59 Å². The average Bonchev–Trinajstić information content (AvgIpc) is 3.42. The first-order valence-electron chi connectivity index (χ1n) is 7.92. The fourth-order valence-electron chi connectivity index (χ4n) is 2.71. The predicted octanol–water partition coefficient (Wildman–Crippen LogP) is 2.31. The van der Waals surface area contributed by atoms with Gasteiger partial charge in [0.15, 0.2) is 0 Å². The molecule has 6 nitrogen and oxygen atoms in total. The van der Waals surface area contributed by atoms with E-state index in [2.05, 4.69) is 15.4 Å². The van der Waals surface area contributed by atoms with Gasteiger partial charge in [0.2, 0.25) is 5.91 Å². The molecule has 1 aromatic carbocycles. The molecule has 1 N–H and O–H groups in total. The van der Waals surface area contributed by atoms with Gasteiger partial charge >= 0.3 is 0 Å². The van der Waals surface area contributed by atoms with Gasteiger partial charge in [0.25, 0.3) is 5.56 Å². The molecule has 0 aliphatic heterocycles. The average molecular weight is 320 g/mol. The minimum Gasteiger partial charge on any atom is -0.324 e. The maximum absolute atomic E-state index is 12.3. The van der Waals surface area contributed by atoms with E-state index in [4.69, 9.17) is 0 Å². The zero-order valence-electron chi connectivity index (χ0n) is 13.0. The van der Waals surface area contributed by atoms with E-state index in [0.717, 1.165) is 29.4 Å². The summed E-state index contributed by atoms with van der Waals surface area (Å²) < 4.78 is 1.23. The minimum atomic E-state index is -0.283. The van der Waals surface area contributed by atoms with Crippen LogP contribution in [-0.2, 0) is 11.3 Å². The van der Waals surface area contributed by atoms with E-state index in [1.165, 1.54) is 10.7 Å². The number of aromatic nitrogens is 3. The molecule has 1 amide bonds. The topological polar surface area (TPSA) is 76.9 Å². The Kier molecular flexibility index (Phi) is 3.57. The van der Waals surface area contributed by atoms with Crippen LogP contribution in [0.5, 0.6) is 0 Å². The summed E-state index contributed by atoms with van der Waals surface area (Å²) in [6, 6.07) is 12.5. The van der Waals surface area contributed by atoms with Crippen LogP contribution in [0.2, 0.25) is 0 Å². The minimum absolute atomic E-state index is 0.101. The summed E-state index contributed by atoms with van der Waals surface area (Å²) in [7, 11) is 0. The summed E-state index contributed by atoms with van der Waals surface area (Å²) in [4.78, 5) is 28.5. The summed E-state index contributed by atoms with van der Waals surface area (Å²) >= 11 is 0. The second-order valence-corrected chi connectivity index (χ2v) is 5.95. The summed E-state index contributed by atoms with van der Waals surface area (Å²) in [5, 5.41) is 8.02. The highest BCUT2D eigenvalue weighted by Crippen LogP contribution is 2.38. The van der Waals surface area contributed by atoms with Crippen LogP contribution in [0.4, 0.5) is 5.69 Å². The number of nitrogens with zero attached hydrogens (tertiary/aromatic N) is 3. The van der Waals surface area contributed by atoms with E-state index in [-0.39, 0.29) is 18.0 Å². The lowest BCUT2D eigenvalue weighted by molar-refractivity contribution is -0.117. The molecule has 0 spiro atoms. The molecule has 4 rings (SSSR count). The lowest BCUT2D eigenvalue weighted by Gasteiger charge is -2.09. The Bertz CT molecular complexity index is 971. The number of rotatable bonds is 4. The van der Waals surface area contributed by atoms with Crippen LogP contribution in [0.15, 0.2) is 53.5 Å². The Morgan fingerprint density at radius 3 is 2.88 bits per heavy atom. The van der Waals surface area contributed by atoms with Crippen molar-refractivity contribution in [2.75, 3.05) is 5.32 Å². The molecule has 120 valence electrons. The molecule has 3 aromatic rings. The van der Waals surface area contributed by atoms with Crippen molar-refractivity contribution in [2.24, 2.45) is 0 Å². The highest BCUT2D eigenvalue weighted by atomic mass is 16.2. The first kappa shape index (κ1) is 14.6. The SMILES string of the molecule is O=C(Cn1nc(C2CC2)ccc1=O)Nc1cccc2ncccc12. The summed E-state index contributed by atoms with van der Waals surface area (Å²) in [5.74, 6) is 0.151. The number of fused-ring (bicyclic) bond motifs is 1.